The third-order valence-electron chi connectivity index (χ3n) is 2.69. The molecule has 0 spiro atoms. The van der Waals surface area contributed by atoms with Gasteiger partial charge in [0, 0.05) is 11.1 Å². The van der Waals surface area contributed by atoms with Crippen molar-refractivity contribution in [3.63, 3.8) is 0 Å². The van der Waals surface area contributed by atoms with Crippen LogP contribution in [0.3, 0.4) is 0 Å². The number of halogens is 1. The molecule has 0 saturated carbocycles. The Morgan fingerprint density at radius 2 is 2.00 bits per heavy atom. The summed E-state index contributed by atoms with van der Waals surface area (Å²) < 4.78 is 0.679. The number of anilines is 1. The number of amides is 1. The minimum absolute atomic E-state index is 0.0663. The molecule has 0 heterocycles. The zero-order valence-corrected chi connectivity index (χ0v) is 13.1. The van der Waals surface area contributed by atoms with E-state index in [4.69, 9.17) is 5.11 Å². The van der Waals surface area contributed by atoms with Crippen molar-refractivity contribution in [2.24, 2.45) is 0 Å². The number of carbonyl (C=O) groups is 1. The lowest BCUT2D eigenvalue weighted by Gasteiger charge is -2.08. The minimum Gasteiger partial charge on any atom is -0.507 e. The van der Waals surface area contributed by atoms with E-state index in [1.54, 1.807) is 36.4 Å². The molecule has 0 fully saturated rings. The number of benzene rings is 2. The first kappa shape index (κ1) is 15.4. The number of aliphatic hydroxyl groups excluding tert-OH is 1. The van der Waals surface area contributed by atoms with Gasteiger partial charge in [-0.3, -0.25) is 4.79 Å². The van der Waals surface area contributed by atoms with E-state index in [0.29, 0.717) is 20.4 Å². The highest BCUT2D eigenvalue weighted by Gasteiger charge is 2.10. The topological polar surface area (TPSA) is 69.6 Å². The number of hydrogen-bond donors (Lipinski definition) is 3. The highest BCUT2D eigenvalue weighted by Crippen LogP contribution is 2.22. The molecule has 1 amide bonds. The quantitative estimate of drug-likeness (QED) is 0.543. The Bertz CT molecular complexity index is 732. The Kier molecular flexibility index (Phi) is 5.20. The van der Waals surface area contributed by atoms with E-state index in [-0.39, 0.29) is 18.3 Å². The first-order valence-electron chi connectivity index (χ1n) is 6.10. The van der Waals surface area contributed by atoms with Crippen LogP contribution in [0.5, 0.6) is 5.75 Å². The van der Waals surface area contributed by atoms with Gasteiger partial charge in [-0.15, -0.1) is 0 Å². The molecule has 0 atom stereocenters. The third-order valence-corrected chi connectivity index (χ3v) is 3.60. The number of nitrogens with one attached hydrogen (secondary N) is 1. The van der Waals surface area contributed by atoms with Crippen molar-refractivity contribution >= 4 is 34.2 Å². The molecular weight excluding hydrogens is 381 g/mol. The molecule has 21 heavy (non-hydrogen) atoms. The normalized spacial score (nSPS) is 9.62. The maximum atomic E-state index is 12.2. The van der Waals surface area contributed by atoms with Gasteiger partial charge in [0.1, 0.15) is 12.4 Å². The number of carbonyl (C=O) groups excluding carboxylic acids is 1. The van der Waals surface area contributed by atoms with Crippen molar-refractivity contribution < 1.29 is 15.0 Å². The molecule has 0 unspecified atom stereocenters. The van der Waals surface area contributed by atoms with Crippen molar-refractivity contribution in [1.29, 1.82) is 0 Å². The van der Waals surface area contributed by atoms with Crippen LogP contribution in [0, 0.1) is 15.4 Å². The smallest absolute Gasteiger partial charge is 0.255 e. The summed E-state index contributed by atoms with van der Waals surface area (Å²) in [5.41, 5.74) is 1.54. The first-order valence-corrected chi connectivity index (χ1v) is 7.18. The molecular formula is C16H12INO3. The lowest BCUT2D eigenvalue weighted by Crippen LogP contribution is -2.12. The maximum absolute atomic E-state index is 12.2. The van der Waals surface area contributed by atoms with Gasteiger partial charge in [0.05, 0.1) is 9.26 Å². The molecule has 0 bridgehead atoms. The Labute approximate surface area is 136 Å². The fraction of sp³-hybridized carbons (Fsp3) is 0.0625. The van der Waals surface area contributed by atoms with E-state index in [1.165, 1.54) is 6.07 Å². The molecule has 0 aliphatic rings. The molecule has 0 aromatic heterocycles. The van der Waals surface area contributed by atoms with Crippen LogP contribution >= 0.6 is 22.6 Å². The highest BCUT2D eigenvalue weighted by atomic mass is 127. The Morgan fingerprint density at radius 3 is 2.71 bits per heavy atom. The molecule has 0 aliphatic heterocycles. The van der Waals surface area contributed by atoms with Crippen LogP contribution in [0.4, 0.5) is 5.69 Å². The average Bonchev–Trinajstić information content (AvgIpc) is 2.49. The van der Waals surface area contributed by atoms with Crippen LogP contribution < -0.4 is 5.32 Å². The highest BCUT2D eigenvalue weighted by molar-refractivity contribution is 14.1. The largest absolute Gasteiger partial charge is 0.507 e. The molecule has 2 rings (SSSR count). The van der Waals surface area contributed by atoms with Gasteiger partial charge in [0.15, 0.2) is 0 Å². The summed E-state index contributed by atoms with van der Waals surface area (Å²) in [5.74, 6) is 5.06. The van der Waals surface area contributed by atoms with E-state index in [0.717, 1.165) is 0 Å². The molecule has 106 valence electrons. The number of aromatic hydroxyl groups is 1. The van der Waals surface area contributed by atoms with Crippen molar-refractivity contribution in [3.8, 4) is 17.6 Å². The zero-order chi connectivity index (χ0) is 15.2. The van der Waals surface area contributed by atoms with Crippen LogP contribution in [-0.4, -0.2) is 22.7 Å². The number of phenolic OH excluding ortho intramolecular Hbond substituents is 1. The molecule has 3 N–H and O–H groups in total. The number of rotatable bonds is 2. The van der Waals surface area contributed by atoms with Crippen LogP contribution in [0.2, 0.25) is 0 Å². The Balaban J connectivity index is 2.25. The van der Waals surface area contributed by atoms with Crippen molar-refractivity contribution in [2.75, 3.05) is 11.9 Å². The summed E-state index contributed by atoms with van der Waals surface area (Å²) in [6.45, 7) is -0.243. The number of para-hydroxylation sites is 1. The second-order valence-electron chi connectivity index (χ2n) is 4.13. The van der Waals surface area contributed by atoms with Gasteiger partial charge in [-0.25, -0.2) is 0 Å². The van der Waals surface area contributed by atoms with Gasteiger partial charge in [0.25, 0.3) is 5.91 Å². The minimum atomic E-state index is -0.333. The van der Waals surface area contributed by atoms with E-state index in [2.05, 4.69) is 17.2 Å². The van der Waals surface area contributed by atoms with E-state index in [1.807, 2.05) is 22.6 Å². The van der Waals surface area contributed by atoms with Gasteiger partial charge < -0.3 is 15.5 Å². The number of aliphatic hydroxyl groups is 1. The van der Waals surface area contributed by atoms with Crippen LogP contribution in [0.25, 0.3) is 0 Å². The van der Waals surface area contributed by atoms with Gasteiger partial charge in [-0.05, 0) is 52.9 Å². The molecule has 0 saturated heterocycles. The van der Waals surface area contributed by atoms with Gasteiger partial charge in [0.2, 0.25) is 0 Å². The molecule has 4 nitrogen and oxygen atoms in total. The molecule has 5 heteroatoms. The van der Waals surface area contributed by atoms with Crippen molar-refractivity contribution in [3.05, 3.63) is 57.2 Å². The van der Waals surface area contributed by atoms with E-state index < -0.39 is 0 Å². The summed E-state index contributed by atoms with van der Waals surface area (Å²) >= 11 is 1.98. The second-order valence-corrected chi connectivity index (χ2v) is 5.29. The fourth-order valence-electron chi connectivity index (χ4n) is 1.68. The van der Waals surface area contributed by atoms with Crippen molar-refractivity contribution in [2.45, 2.75) is 0 Å². The van der Waals surface area contributed by atoms with Crippen LogP contribution in [0.1, 0.15) is 15.9 Å². The summed E-state index contributed by atoms with van der Waals surface area (Å²) in [6.07, 6.45) is 0. The summed E-state index contributed by atoms with van der Waals surface area (Å²) in [6, 6.07) is 11.8. The Hall–Kier alpha value is -2.04. The molecule has 2 aromatic carbocycles. The summed E-state index contributed by atoms with van der Waals surface area (Å²) in [4.78, 5) is 12.2. The van der Waals surface area contributed by atoms with Crippen LogP contribution in [0.15, 0.2) is 42.5 Å². The van der Waals surface area contributed by atoms with Gasteiger partial charge in [-0.1, -0.05) is 24.0 Å². The SMILES string of the molecule is O=C(Nc1ccccc1C#CCO)c1ccc(I)c(O)c1. The lowest BCUT2D eigenvalue weighted by molar-refractivity contribution is 0.102. The maximum Gasteiger partial charge on any atom is 0.255 e. The Morgan fingerprint density at radius 1 is 1.24 bits per heavy atom. The second kappa shape index (κ2) is 7.11. The monoisotopic (exact) mass is 393 g/mol. The van der Waals surface area contributed by atoms with Crippen molar-refractivity contribution in [1.82, 2.24) is 0 Å². The molecule has 0 aliphatic carbocycles. The molecule has 0 radical (unpaired) electrons. The zero-order valence-electron chi connectivity index (χ0n) is 10.9. The molecule has 2 aromatic rings. The number of phenols is 1. The number of hydrogen-bond acceptors (Lipinski definition) is 3. The van der Waals surface area contributed by atoms with Crippen LogP contribution in [-0.2, 0) is 0 Å². The predicted molar refractivity (Wildman–Crippen MR) is 89.2 cm³/mol. The summed E-state index contributed by atoms with van der Waals surface area (Å²) in [7, 11) is 0. The fourth-order valence-corrected chi connectivity index (χ4v) is 2.02. The third kappa shape index (κ3) is 3.97. The predicted octanol–water partition coefficient (Wildman–Crippen LogP) is 2.59. The average molecular weight is 393 g/mol. The van der Waals surface area contributed by atoms with E-state index in [9.17, 15) is 9.90 Å². The first-order chi connectivity index (χ1) is 10.1. The van der Waals surface area contributed by atoms with Gasteiger partial charge in [-0.2, -0.15) is 0 Å². The summed E-state index contributed by atoms with van der Waals surface area (Å²) in [5, 5.41) is 21.1. The van der Waals surface area contributed by atoms with E-state index >= 15 is 0 Å². The lowest BCUT2D eigenvalue weighted by atomic mass is 10.1. The standard InChI is InChI=1S/C16H12INO3/c17-13-8-7-12(10-15(13)20)16(21)18-14-6-2-1-4-11(14)5-3-9-19/h1-2,4,6-8,10,19-20H,9H2,(H,18,21). The van der Waals surface area contributed by atoms with Gasteiger partial charge >= 0.3 is 0 Å².